The maximum absolute atomic E-state index is 5.63. The Labute approximate surface area is 70.7 Å². The molecular formula is C10H10N2. The molecule has 0 aliphatic heterocycles. The Morgan fingerprint density at radius 1 is 1.33 bits per heavy atom. The molecule has 1 heterocycles. The van der Waals surface area contributed by atoms with Crippen molar-refractivity contribution in [1.29, 1.82) is 0 Å². The molecule has 0 bridgehead atoms. The summed E-state index contributed by atoms with van der Waals surface area (Å²) in [5, 5.41) is 1.17. The van der Waals surface area contributed by atoms with Crippen LogP contribution in [-0.2, 0) is 0 Å². The zero-order valence-electron chi connectivity index (χ0n) is 6.67. The van der Waals surface area contributed by atoms with Crippen LogP contribution in [0.1, 0.15) is 5.69 Å². The van der Waals surface area contributed by atoms with Crippen molar-refractivity contribution in [3.8, 4) is 0 Å². The summed E-state index contributed by atoms with van der Waals surface area (Å²) in [4.78, 5) is 3.19. The van der Waals surface area contributed by atoms with Gasteiger partial charge in [0.05, 0.1) is 0 Å². The summed E-state index contributed by atoms with van der Waals surface area (Å²) in [6.45, 7) is 3.69. The third-order valence-electron chi connectivity index (χ3n) is 1.89. The molecule has 0 atom stereocenters. The molecule has 0 saturated carbocycles. The van der Waals surface area contributed by atoms with Gasteiger partial charge < -0.3 is 10.7 Å². The molecule has 0 radical (unpaired) electrons. The smallest absolute Gasteiger partial charge is 0.0479 e. The highest BCUT2D eigenvalue weighted by Gasteiger charge is 1.96. The van der Waals surface area contributed by atoms with Crippen LogP contribution in [0.4, 0.5) is 5.69 Å². The van der Waals surface area contributed by atoms with Crippen molar-refractivity contribution in [2.24, 2.45) is 0 Å². The summed E-state index contributed by atoms with van der Waals surface area (Å²) in [5.41, 5.74) is 8.49. The summed E-state index contributed by atoms with van der Waals surface area (Å²) in [7, 11) is 0. The zero-order chi connectivity index (χ0) is 8.55. The topological polar surface area (TPSA) is 41.8 Å². The van der Waals surface area contributed by atoms with Gasteiger partial charge in [-0.2, -0.15) is 0 Å². The van der Waals surface area contributed by atoms with Crippen molar-refractivity contribution in [2.75, 3.05) is 5.73 Å². The molecule has 0 amide bonds. The van der Waals surface area contributed by atoms with Crippen molar-refractivity contribution in [3.05, 3.63) is 36.5 Å². The monoisotopic (exact) mass is 158 g/mol. The maximum Gasteiger partial charge on any atom is 0.0479 e. The van der Waals surface area contributed by atoms with Gasteiger partial charge >= 0.3 is 0 Å². The number of fused-ring (bicyclic) bond motifs is 1. The molecule has 1 aromatic carbocycles. The van der Waals surface area contributed by atoms with Gasteiger partial charge in [-0.05, 0) is 24.3 Å². The van der Waals surface area contributed by atoms with E-state index in [1.165, 1.54) is 5.39 Å². The van der Waals surface area contributed by atoms with Crippen molar-refractivity contribution in [3.63, 3.8) is 0 Å². The van der Waals surface area contributed by atoms with Crippen molar-refractivity contribution < 1.29 is 0 Å². The van der Waals surface area contributed by atoms with E-state index in [4.69, 9.17) is 5.73 Å². The lowest BCUT2D eigenvalue weighted by Crippen LogP contribution is -1.81. The van der Waals surface area contributed by atoms with E-state index in [1.54, 1.807) is 6.08 Å². The number of nitrogens with one attached hydrogen (secondary N) is 1. The number of aromatic nitrogens is 1. The van der Waals surface area contributed by atoms with Gasteiger partial charge in [-0.3, -0.25) is 0 Å². The number of aromatic amines is 1. The summed E-state index contributed by atoms with van der Waals surface area (Å²) in [6.07, 6.45) is 1.79. The lowest BCUT2D eigenvalue weighted by Gasteiger charge is -1.91. The second-order valence-electron chi connectivity index (χ2n) is 2.78. The number of nitrogens with two attached hydrogens (primary N) is 1. The highest BCUT2D eigenvalue weighted by Crippen LogP contribution is 2.18. The molecule has 2 aromatic rings. The Morgan fingerprint density at radius 2 is 2.17 bits per heavy atom. The second-order valence-corrected chi connectivity index (χ2v) is 2.78. The molecule has 2 nitrogen and oxygen atoms in total. The molecule has 1 aromatic heterocycles. The van der Waals surface area contributed by atoms with E-state index >= 15 is 0 Å². The molecular weight excluding hydrogens is 148 g/mol. The Balaban J connectivity index is 2.75. The highest BCUT2D eigenvalue weighted by molar-refractivity contribution is 5.85. The first-order valence-corrected chi connectivity index (χ1v) is 3.80. The van der Waals surface area contributed by atoms with E-state index in [0.29, 0.717) is 0 Å². The molecule has 0 aliphatic rings. The highest BCUT2D eigenvalue weighted by atomic mass is 14.7. The van der Waals surface area contributed by atoms with Gasteiger partial charge in [-0.15, -0.1) is 0 Å². The van der Waals surface area contributed by atoms with Gasteiger partial charge in [0.15, 0.2) is 0 Å². The van der Waals surface area contributed by atoms with Gasteiger partial charge in [0, 0.05) is 22.3 Å². The van der Waals surface area contributed by atoms with Crippen molar-refractivity contribution in [2.45, 2.75) is 0 Å². The second kappa shape index (κ2) is 2.41. The summed E-state index contributed by atoms with van der Waals surface area (Å²) in [5.74, 6) is 0. The number of anilines is 1. The van der Waals surface area contributed by atoms with Crippen molar-refractivity contribution in [1.82, 2.24) is 4.98 Å². The van der Waals surface area contributed by atoms with Gasteiger partial charge in [0.25, 0.3) is 0 Å². The largest absolute Gasteiger partial charge is 0.399 e. The molecule has 0 saturated heterocycles. The van der Waals surface area contributed by atoms with E-state index in [2.05, 4.69) is 11.6 Å². The van der Waals surface area contributed by atoms with Crippen LogP contribution in [0.5, 0.6) is 0 Å². The standard InChI is InChI=1S/C10H10N2/c1-2-9-5-7-3-4-8(11)6-10(7)12-9/h2-6,12H,1,11H2. The number of nitrogen functional groups attached to an aromatic ring is 1. The fraction of sp³-hybridized carbons (Fsp3) is 0. The number of H-pyrrole nitrogens is 1. The van der Waals surface area contributed by atoms with Gasteiger partial charge in [0.2, 0.25) is 0 Å². The molecule has 0 aliphatic carbocycles. The van der Waals surface area contributed by atoms with Gasteiger partial charge in [-0.25, -0.2) is 0 Å². The third-order valence-corrected chi connectivity index (χ3v) is 1.89. The van der Waals surface area contributed by atoms with Crippen LogP contribution in [0.15, 0.2) is 30.8 Å². The van der Waals surface area contributed by atoms with Crippen LogP contribution in [0, 0.1) is 0 Å². The molecule has 2 rings (SSSR count). The van der Waals surface area contributed by atoms with E-state index in [0.717, 1.165) is 16.9 Å². The van der Waals surface area contributed by atoms with Gasteiger partial charge in [0.1, 0.15) is 0 Å². The first-order chi connectivity index (χ1) is 5.79. The minimum absolute atomic E-state index is 0.778. The molecule has 0 unspecified atom stereocenters. The summed E-state index contributed by atoms with van der Waals surface area (Å²) >= 11 is 0. The minimum Gasteiger partial charge on any atom is -0.399 e. The SMILES string of the molecule is C=Cc1cc2ccc(N)cc2[nH]1. The van der Waals surface area contributed by atoms with Crippen LogP contribution in [0.25, 0.3) is 17.0 Å². The van der Waals surface area contributed by atoms with Crippen LogP contribution < -0.4 is 5.73 Å². The predicted octanol–water partition coefficient (Wildman–Crippen LogP) is 2.39. The van der Waals surface area contributed by atoms with E-state index in [-0.39, 0.29) is 0 Å². The summed E-state index contributed by atoms with van der Waals surface area (Å²) < 4.78 is 0. The molecule has 0 fully saturated rings. The normalized spacial score (nSPS) is 10.3. The van der Waals surface area contributed by atoms with Crippen LogP contribution in [-0.4, -0.2) is 4.98 Å². The average Bonchev–Trinajstić information content (AvgIpc) is 2.46. The van der Waals surface area contributed by atoms with E-state index in [1.807, 2.05) is 24.3 Å². The predicted molar refractivity (Wildman–Crippen MR) is 52.8 cm³/mol. The number of hydrogen-bond donors (Lipinski definition) is 2. The lowest BCUT2D eigenvalue weighted by molar-refractivity contribution is 1.43. The van der Waals surface area contributed by atoms with E-state index in [9.17, 15) is 0 Å². The van der Waals surface area contributed by atoms with Crippen LogP contribution >= 0.6 is 0 Å². The molecule has 0 spiro atoms. The molecule has 12 heavy (non-hydrogen) atoms. The first-order valence-electron chi connectivity index (χ1n) is 3.80. The van der Waals surface area contributed by atoms with Crippen molar-refractivity contribution >= 4 is 22.7 Å². The van der Waals surface area contributed by atoms with Crippen LogP contribution in [0.2, 0.25) is 0 Å². The van der Waals surface area contributed by atoms with Crippen LogP contribution in [0.3, 0.4) is 0 Å². The zero-order valence-corrected chi connectivity index (χ0v) is 6.67. The molecule has 60 valence electrons. The first kappa shape index (κ1) is 6.98. The van der Waals surface area contributed by atoms with Gasteiger partial charge in [-0.1, -0.05) is 12.6 Å². The number of hydrogen-bond acceptors (Lipinski definition) is 1. The Kier molecular flexibility index (Phi) is 1.40. The fourth-order valence-corrected chi connectivity index (χ4v) is 1.28. The Hall–Kier alpha value is -1.70. The quantitative estimate of drug-likeness (QED) is 0.615. The Bertz CT molecular complexity index is 426. The third kappa shape index (κ3) is 0.975. The fourth-order valence-electron chi connectivity index (χ4n) is 1.28. The van der Waals surface area contributed by atoms with E-state index < -0.39 is 0 Å². The molecule has 2 heteroatoms. The summed E-state index contributed by atoms with van der Waals surface area (Å²) in [6, 6.07) is 7.85. The molecule has 3 N–H and O–H groups in total. The lowest BCUT2D eigenvalue weighted by atomic mass is 10.2. The Morgan fingerprint density at radius 3 is 2.92 bits per heavy atom. The number of rotatable bonds is 1. The number of benzene rings is 1. The minimum atomic E-state index is 0.778. The maximum atomic E-state index is 5.63. The average molecular weight is 158 g/mol.